The van der Waals surface area contributed by atoms with Crippen LogP contribution in [0.25, 0.3) is 0 Å². The molecule has 0 N–H and O–H groups in total. The van der Waals surface area contributed by atoms with Crippen molar-refractivity contribution >= 4 is 5.78 Å². The van der Waals surface area contributed by atoms with Crippen LogP contribution < -0.4 is 0 Å². The fourth-order valence-electron chi connectivity index (χ4n) is 1.46. The van der Waals surface area contributed by atoms with Crippen molar-refractivity contribution in [1.29, 1.82) is 0 Å². The smallest absolute Gasteiger partial charge is 0.193 e. The monoisotopic (exact) mass is 212 g/mol. The van der Waals surface area contributed by atoms with Gasteiger partial charge in [0, 0.05) is 11.1 Å². The minimum absolute atomic E-state index is 0. The van der Waals surface area contributed by atoms with Gasteiger partial charge in [-0.1, -0.05) is 67.6 Å². The van der Waals surface area contributed by atoms with Crippen LogP contribution in [0.15, 0.2) is 54.6 Å². The topological polar surface area (TPSA) is 17.1 Å². The van der Waals surface area contributed by atoms with Crippen LogP contribution in [0.3, 0.4) is 0 Å². The Morgan fingerprint density at radius 1 is 0.812 bits per heavy atom. The Balaban J connectivity index is 0.00000128. The lowest BCUT2D eigenvalue weighted by molar-refractivity contribution is 0.103. The summed E-state index contributed by atoms with van der Waals surface area (Å²) >= 11 is 0. The highest BCUT2D eigenvalue weighted by Crippen LogP contribution is 2.10. The van der Waals surface area contributed by atoms with E-state index in [1.54, 1.807) is 0 Å². The quantitative estimate of drug-likeness (QED) is 0.691. The van der Waals surface area contributed by atoms with Crippen molar-refractivity contribution in [2.75, 3.05) is 0 Å². The van der Waals surface area contributed by atoms with E-state index in [1.807, 2.05) is 61.5 Å². The molecule has 0 fully saturated rings. The summed E-state index contributed by atoms with van der Waals surface area (Å²) in [5, 5.41) is 0. The van der Waals surface area contributed by atoms with E-state index in [0.717, 1.165) is 11.1 Å². The Hall–Kier alpha value is -1.89. The van der Waals surface area contributed by atoms with Gasteiger partial charge in [-0.3, -0.25) is 4.79 Å². The predicted octanol–water partition coefficient (Wildman–Crippen LogP) is 3.86. The predicted molar refractivity (Wildman–Crippen MR) is 67.8 cm³/mol. The zero-order valence-electron chi connectivity index (χ0n) is 8.60. The second-order valence-electron chi connectivity index (χ2n) is 3.56. The molecule has 0 aliphatic carbocycles. The molecule has 0 aromatic heterocycles. The van der Waals surface area contributed by atoms with Gasteiger partial charge in [0.15, 0.2) is 5.78 Å². The van der Waals surface area contributed by atoms with E-state index in [0.29, 0.717) is 0 Å². The van der Waals surface area contributed by atoms with Crippen LogP contribution in [0.2, 0.25) is 0 Å². The molecule has 0 spiro atoms. The molecule has 0 atom stereocenters. The average molecular weight is 212 g/mol. The van der Waals surface area contributed by atoms with Gasteiger partial charge in [0.1, 0.15) is 0 Å². The number of hydrogen-bond donors (Lipinski definition) is 0. The van der Waals surface area contributed by atoms with Gasteiger partial charge in [-0.2, -0.15) is 0 Å². The van der Waals surface area contributed by atoms with Gasteiger partial charge >= 0.3 is 0 Å². The van der Waals surface area contributed by atoms with Crippen LogP contribution >= 0.6 is 0 Å². The fraction of sp³-hybridized carbons (Fsp3) is 0.133. The maximum atomic E-state index is 12.0. The van der Waals surface area contributed by atoms with E-state index in [4.69, 9.17) is 0 Å². The number of aryl methyl sites for hydroxylation is 1. The normalized spacial score (nSPS) is 9.31. The highest BCUT2D eigenvalue weighted by Gasteiger charge is 2.06. The summed E-state index contributed by atoms with van der Waals surface area (Å²) < 4.78 is 0. The first-order valence-electron chi connectivity index (χ1n) is 4.94. The van der Waals surface area contributed by atoms with Crippen molar-refractivity contribution in [2.24, 2.45) is 0 Å². The van der Waals surface area contributed by atoms with Crippen molar-refractivity contribution in [2.45, 2.75) is 14.4 Å². The van der Waals surface area contributed by atoms with E-state index in [1.165, 1.54) is 5.56 Å². The van der Waals surface area contributed by atoms with Crippen LogP contribution in [0.1, 0.15) is 28.9 Å². The summed E-state index contributed by atoms with van der Waals surface area (Å²) in [5.74, 6) is 0.0793. The molecule has 0 heterocycles. The molecular formula is C15H16O. The molecular weight excluding hydrogens is 196 g/mol. The van der Waals surface area contributed by atoms with Crippen molar-refractivity contribution in [3.8, 4) is 0 Å². The van der Waals surface area contributed by atoms with Gasteiger partial charge in [0.05, 0.1) is 0 Å². The summed E-state index contributed by atoms with van der Waals surface area (Å²) in [5.41, 5.74) is 2.65. The second-order valence-corrected chi connectivity index (χ2v) is 3.56. The van der Waals surface area contributed by atoms with Gasteiger partial charge in [0.2, 0.25) is 0 Å². The first-order valence-corrected chi connectivity index (χ1v) is 4.94. The summed E-state index contributed by atoms with van der Waals surface area (Å²) in [6, 6.07) is 17.0. The number of hydrogen-bond acceptors (Lipinski definition) is 1. The standard InChI is InChI=1S/C14H12O.CH4/c1-11-7-9-13(10-8-11)14(15)12-5-3-2-4-6-12;/h2-10H,1H3;1H4. The van der Waals surface area contributed by atoms with Crippen molar-refractivity contribution < 1.29 is 4.79 Å². The SMILES string of the molecule is C.Cc1ccc(C(=O)c2ccccc2)cc1. The third-order valence-electron chi connectivity index (χ3n) is 2.35. The van der Waals surface area contributed by atoms with Crippen LogP contribution in [0.4, 0.5) is 0 Å². The van der Waals surface area contributed by atoms with Gasteiger partial charge in [-0.05, 0) is 6.92 Å². The Morgan fingerprint density at radius 2 is 1.31 bits per heavy atom. The van der Waals surface area contributed by atoms with Crippen LogP contribution in [0.5, 0.6) is 0 Å². The molecule has 16 heavy (non-hydrogen) atoms. The minimum Gasteiger partial charge on any atom is -0.289 e. The van der Waals surface area contributed by atoms with E-state index in [9.17, 15) is 4.79 Å². The minimum atomic E-state index is 0. The summed E-state index contributed by atoms with van der Waals surface area (Å²) in [6.45, 7) is 2.01. The zero-order chi connectivity index (χ0) is 10.7. The first-order chi connectivity index (χ1) is 7.27. The maximum Gasteiger partial charge on any atom is 0.193 e. The Morgan fingerprint density at radius 3 is 1.88 bits per heavy atom. The van der Waals surface area contributed by atoms with Crippen LogP contribution in [-0.2, 0) is 0 Å². The molecule has 1 nitrogen and oxygen atoms in total. The molecule has 0 bridgehead atoms. The summed E-state index contributed by atoms with van der Waals surface area (Å²) in [6.07, 6.45) is 0. The lowest BCUT2D eigenvalue weighted by atomic mass is 10.0. The number of benzene rings is 2. The van der Waals surface area contributed by atoms with Gasteiger partial charge < -0.3 is 0 Å². The third-order valence-corrected chi connectivity index (χ3v) is 2.35. The first kappa shape index (κ1) is 12.2. The molecule has 0 aliphatic heterocycles. The Labute approximate surface area is 96.8 Å². The second kappa shape index (κ2) is 5.26. The number of carbonyl (C=O) groups excluding carboxylic acids is 1. The largest absolute Gasteiger partial charge is 0.289 e. The van der Waals surface area contributed by atoms with Gasteiger partial charge in [-0.25, -0.2) is 0 Å². The number of ketones is 1. The van der Waals surface area contributed by atoms with Crippen LogP contribution in [-0.4, -0.2) is 5.78 Å². The van der Waals surface area contributed by atoms with E-state index >= 15 is 0 Å². The molecule has 2 rings (SSSR count). The van der Waals surface area contributed by atoms with Crippen molar-refractivity contribution in [3.63, 3.8) is 0 Å². The average Bonchev–Trinajstić information content (AvgIpc) is 2.30. The fourth-order valence-corrected chi connectivity index (χ4v) is 1.46. The van der Waals surface area contributed by atoms with Crippen molar-refractivity contribution in [1.82, 2.24) is 0 Å². The highest BCUT2D eigenvalue weighted by molar-refractivity contribution is 6.08. The van der Waals surface area contributed by atoms with Gasteiger partial charge in [-0.15, -0.1) is 0 Å². The molecule has 0 radical (unpaired) electrons. The number of carbonyl (C=O) groups is 1. The summed E-state index contributed by atoms with van der Waals surface area (Å²) in [7, 11) is 0. The molecule has 0 unspecified atom stereocenters. The lowest BCUT2D eigenvalue weighted by Gasteiger charge is -2.00. The van der Waals surface area contributed by atoms with E-state index in [2.05, 4.69) is 0 Å². The lowest BCUT2D eigenvalue weighted by Crippen LogP contribution is -2.00. The molecule has 0 aliphatic rings. The van der Waals surface area contributed by atoms with Crippen molar-refractivity contribution in [3.05, 3.63) is 71.3 Å². The van der Waals surface area contributed by atoms with E-state index in [-0.39, 0.29) is 13.2 Å². The molecule has 0 saturated carbocycles. The molecule has 1 heteroatoms. The third kappa shape index (κ3) is 2.57. The summed E-state index contributed by atoms with van der Waals surface area (Å²) in [4.78, 5) is 12.0. The molecule has 2 aromatic carbocycles. The van der Waals surface area contributed by atoms with E-state index < -0.39 is 0 Å². The maximum absolute atomic E-state index is 12.0. The molecule has 0 amide bonds. The Bertz CT molecular complexity index is 455. The molecule has 82 valence electrons. The molecule has 2 aromatic rings. The highest BCUT2D eigenvalue weighted by atomic mass is 16.1. The van der Waals surface area contributed by atoms with Gasteiger partial charge in [0.25, 0.3) is 0 Å². The molecule has 0 saturated heterocycles. The number of rotatable bonds is 2. The zero-order valence-corrected chi connectivity index (χ0v) is 8.60. The van der Waals surface area contributed by atoms with Crippen LogP contribution in [0, 0.1) is 6.92 Å². The Kier molecular flexibility index (Phi) is 4.01.